The number of halogens is 4. The largest absolute Gasteiger partial charge is 0.419 e. The predicted molar refractivity (Wildman–Crippen MR) is 103 cm³/mol. The number of alkyl halides is 3. The summed E-state index contributed by atoms with van der Waals surface area (Å²) in [6.45, 7) is 0. The van der Waals surface area contributed by atoms with Crippen LogP contribution in [0.4, 0.5) is 23.2 Å². The molecule has 0 radical (unpaired) electrons. The Bertz CT molecular complexity index is 1180. The van der Waals surface area contributed by atoms with Crippen molar-refractivity contribution < 1.29 is 30.8 Å². The topological polar surface area (TPSA) is 63.2 Å². The van der Waals surface area contributed by atoms with E-state index in [9.17, 15) is 30.8 Å². The van der Waals surface area contributed by atoms with Gasteiger partial charge in [0.25, 0.3) is 5.91 Å². The molecule has 0 unspecified atom stereocenters. The van der Waals surface area contributed by atoms with Crippen LogP contribution < -0.4 is 5.32 Å². The van der Waals surface area contributed by atoms with Gasteiger partial charge in [0.1, 0.15) is 5.82 Å². The molecule has 0 aromatic heterocycles. The summed E-state index contributed by atoms with van der Waals surface area (Å²) < 4.78 is 77.1. The van der Waals surface area contributed by atoms with Gasteiger partial charge in [-0.05, 0) is 42.0 Å². The van der Waals surface area contributed by atoms with E-state index in [1.54, 1.807) is 30.3 Å². The molecule has 30 heavy (non-hydrogen) atoms. The lowest BCUT2D eigenvalue weighted by atomic mass is 10.1. The van der Waals surface area contributed by atoms with Gasteiger partial charge < -0.3 is 5.32 Å². The smallest absolute Gasteiger partial charge is 0.322 e. The molecule has 0 saturated heterocycles. The highest BCUT2D eigenvalue weighted by Crippen LogP contribution is 2.33. The molecule has 9 heteroatoms. The van der Waals surface area contributed by atoms with E-state index in [0.29, 0.717) is 17.7 Å². The normalized spacial score (nSPS) is 11.9. The zero-order valence-corrected chi connectivity index (χ0v) is 16.1. The predicted octanol–water partition coefficient (Wildman–Crippen LogP) is 5.07. The van der Waals surface area contributed by atoms with Gasteiger partial charge in [-0.2, -0.15) is 13.2 Å². The van der Waals surface area contributed by atoms with Crippen LogP contribution in [-0.2, 0) is 21.8 Å². The Morgan fingerprint density at radius 2 is 1.60 bits per heavy atom. The van der Waals surface area contributed by atoms with Crippen LogP contribution in [-0.4, -0.2) is 14.3 Å². The van der Waals surface area contributed by atoms with E-state index in [0.717, 1.165) is 12.1 Å². The SMILES string of the molecule is O=C(Nc1ccc(F)c(C(F)(F)F)c1)c1cccc(S(=O)(=O)Cc2ccccc2)c1. The van der Waals surface area contributed by atoms with E-state index in [1.807, 2.05) is 0 Å². The van der Waals surface area contributed by atoms with Gasteiger partial charge in [0, 0.05) is 11.3 Å². The van der Waals surface area contributed by atoms with Crippen LogP contribution in [0.1, 0.15) is 21.5 Å². The molecule has 156 valence electrons. The molecule has 1 N–H and O–H groups in total. The van der Waals surface area contributed by atoms with E-state index in [-0.39, 0.29) is 21.9 Å². The molecule has 0 fully saturated rings. The minimum Gasteiger partial charge on any atom is -0.322 e. The molecule has 0 bridgehead atoms. The monoisotopic (exact) mass is 437 g/mol. The highest BCUT2D eigenvalue weighted by atomic mass is 32.2. The second-order valence-electron chi connectivity index (χ2n) is 6.42. The highest BCUT2D eigenvalue weighted by molar-refractivity contribution is 7.90. The van der Waals surface area contributed by atoms with Crippen LogP contribution in [0.25, 0.3) is 0 Å². The first-order chi connectivity index (χ1) is 14.1. The highest BCUT2D eigenvalue weighted by Gasteiger charge is 2.34. The van der Waals surface area contributed by atoms with Crippen LogP contribution in [0.5, 0.6) is 0 Å². The lowest BCUT2D eigenvalue weighted by Gasteiger charge is -2.11. The summed E-state index contributed by atoms with van der Waals surface area (Å²) in [5, 5.41) is 2.23. The average Bonchev–Trinajstić information content (AvgIpc) is 2.69. The first kappa shape index (κ1) is 21.5. The van der Waals surface area contributed by atoms with Crippen molar-refractivity contribution in [2.75, 3.05) is 5.32 Å². The molecule has 0 saturated carbocycles. The zero-order chi connectivity index (χ0) is 21.9. The number of nitrogens with one attached hydrogen (secondary N) is 1. The van der Waals surface area contributed by atoms with E-state index in [1.165, 1.54) is 18.2 Å². The van der Waals surface area contributed by atoms with Crippen LogP contribution in [0.3, 0.4) is 0 Å². The third-order valence-corrected chi connectivity index (χ3v) is 5.87. The van der Waals surface area contributed by atoms with Crippen LogP contribution in [0.15, 0.2) is 77.7 Å². The second kappa shape index (κ2) is 8.27. The summed E-state index contributed by atoms with van der Waals surface area (Å²) in [6.07, 6.45) is -4.92. The van der Waals surface area contributed by atoms with Crippen molar-refractivity contribution in [2.45, 2.75) is 16.8 Å². The molecule has 0 atom stereocenters. The van der Waals surface area contributed by atoms with Gasteiger partial charge in [0.05, 0.1) is 16.2 Å². The first-order valence-electron chi connectivity index (χ1n) is 8.61. The summed E-state index contributed by atoms with van der Waals surface area (Å²) in [7, 11) is -3.75. The number of amides is 1. The zero-order valence-electron chi connectivity index (χ0n) is 15.3. The van der Waals surface area contributed by atoms with Gasteiger partial charge >= 0.3 is 6.18 Å². The summed E-state index contributed by atoms with van der Waals surface area (Å²) in [6, 6.07) is 15.7. The van der Waals surface area contributed by atoms with E-state index in [2.05, 4.69) is 5.32 Å². The number of carbonyl (C=O) groups excluding carboxylic acids is 1. The molecule has 3 aromatic carbocycles. The van der Waals surface area contributed by atoms with Crippen molar-refractivity contribution in [1.82, 2.24) is 0 Å². The summed E-state index contributed by atoms with van der Waals surface area (Å²) >= 11 is 0. The maximum atomic E-state index is 13.4. The molecule has 3 aromatic rings. The van der Waals surface area contributed by atoms with Gasteiger partial charge in [-0.1, -0.05) is 36.4 Å². The molecule has 0 aliphatic heterocycles. The standard InChI is InChI=1S/C21H15F4NO3S/c22-19-10-9-16(12-18(19)21(23,24)25)26-20(27)15-7-4-8-17(11-15)30(28,29)13-14-5-2-1-3-6-14/h1-12H,13H2,(H,26,27). The number of carbonyl (C=O) groups is 1. The Morgan fingerprint density at radius 3 is 2.27 bits per heavy atom. The number of rotatable bonds is 5. The molecule has 3 rings (SSSR count). The van der Waals surface area contributed by atoms with Crippen molar-refractivity contribution in [3.63, 3.8) is 0 Å². The Labute approximate surface area is 170 Å². The lowest BCUT2D eigenvalue weighted by molar-refractivity contribution is -0.139. The minimum absolute atomic E-state index is 0.0676. The quantitative estimate of drug-likeness (QED) is 0.567. The van der Waals surface area contributed by atoms with Crippen LogP contribution in [0, 0.1) is 5.82 Å². The Morgan fingerprint density at radius 1 is 0.900 bits per heavy atom. The number of hydrogen-bond donors (Lipinski definition) is 1. The molecular weight excluding hydrogens is 422 g/mol. The lowest BCUT2D eigenvalue weighted by Crippen LogP contribution is -2.15. The van der Waals surface area contributed by atoms with Gasteiger partial charge in [0.15, 0.2) is 9.84 Å². The van der Waals surface area contributed by atoms with Crippen LogP contribution >= 0.6 is 0 Å². The fourth-order valence-corrected chi connectivity index (χ4v) is 4.12. The van der Waals surface area contributed by atoms with E-state index in [4.69, 9.17) is 0 Å². The van der Waals surface area contributed by atoms with E-state index < -0.39 is 33.3 Å². The van der Waals surface area contributed by atoms with Crippen molar-refractivity contribution in [1.29, 1.82) is 0 Å². The Hall–Kier alpha value is -3.20. The Balaban J connectivity index is 1.83. The fourth-order valence-electron chi connectivity index (χ4n) is 2.73. The maximum absolute atomic E-state index is 13.4. The van der Waals surface area contributed by atoms with Crippen molar-refractivity contribution in [3.8, 4) is 0 Å². The number of hydrogen-bond acceptors (Lipinski definition) is 3. The van der Waals surface area contributed by atoms with Crippen molar-refractivity contribution in [3.05, 3.63) is 95.3 Å². The van der Waals surface area contributed by atoms with Gasteiger partial charge in [-0.25, -0.2) is 12.8 Å². The van der Waals surface area contributed by atoms with Gasteiger partial charge in [-0.3, -0.25) is 4.79 Å². The molecule has 0 heterocycles. The number of benzene rings is 3. The van der Waals surface area contributed by atoms with Gasteiger partial charge in [-0.15, -0.1) is 0 Å². The van der Waals surface area contributed by atoms with E-state index >= 15 is 0 Å². The fraction of sp³-hybridized carbons (Fsp3) is 0.0952. The molecular formula is C21H15F4NO3S. The Kier molecular flexibility index (Phi) is 5.93. The van der Waals surface area contributed by atoms with Crippen molar-refractivity contribution in [2.24, 2.45) is 0 Å². The summed E-state index contributed by atoms with van der Waals surface area (Å²) in [5.41, 5.74) is -1.29. The third-order valence-electron chi connectivity index (χ3n) is 4.18. The average molecular weight is 437 g/mol. The molecule has 0 aliphatic carbocycles. The summed E-state index contributed by atoms with van der Waals surface area (Å²) in [4.78, 5) is 12.3. The molecule has 1 amide bonds. The first-order valence-corrected chi connectivity index (χ1v) is 10.3. The molecule has 0 spiro atoms. The summed E-state index contributed by atoms with van der Waals surface area (Å²) in [5.74, 6) is -2.56. The molecule has 4 nitrogen and oxygen atoms in total. The number of sulfone groups is 1. The van der Waals surface area contributed by atoms with Crippen LogP contribution in [0.2, 0.25) is 0 Å². The van der Waals surface area contributed by atoms with Crippen molar-refractivity contribution >= 4 is 21.4 Å². The maximum Gasteiger partial charge on any atom is 0.419 e. The second-order valence-corrected chi connectivity index (χ2v) is 8.41. The molecule has 0 aliphatic rings. The minimum atomic E-state index is -4.92. The third kappa shape index (κ3) is 5.04. The number of anilines is 1. The van der Waals surface area contributed by atoms with Gasteiger partial charge in [0.2, 0.25) is 0 Å².